The molecule has 2 heterocycles. The Balaban J connectivity index is 1.56. The molecule has 1 aromatic carbocycles. The van der Waals surface area contributed by atoms with E-state index in [1.807, 2.05) is 17.0 Å². The van der Waals surface area contributed by atoms with Gasteiger partial charge in [0.1, 0.15) is 0 Å². The summed E-state index contributed by atoms with van der Waals surface area (Å²) in [5.74, 6) is 0.496. The minimum atomic E-state index is -0.0748. The van der Waals surface area contributed by atoms with Crippen LogP contribution in [0.25, 0.3) is 11.3 Å². The maximum atomic E-state index is 12.8. The lowest BCUT2D eigenvalue weighted by Crippen LogP contribution is -2.51. The predicted octanol–water partition coefficient (Wildman–Crippen LogP) is 3.39. The number of fused-ring (bicyclic) bond motifs is 1. The van der Waals surface area contributed by atoms with E-state index in [4.69, 9.17) is 20.9 Å². The number of aromatic nitrogens is 1. The third-order valence-corrected chi connectivity index (χ3v) is 4.85. The number of hydrogen-bond acceptors (Lipinski definition) is 4. The van der Waals surface area contributed by atoms with E-state index >= 15 is 0 Å². The molecular formula is C17H17ClN2O3. The highest BCUT2D eigenvalue weighted by Crippen LogP contribution is 2.31. The van der Waals surface area contributed by atoms with E-state index in [1.165, 1.54) is 0 Å². The number of ether oxygens (including phenoxy) is 1. The summed E-state index contributed by atoms with van der Waals surface area (Å²) in [5, 5.41) is 4.62. The average Bonchev–Trinajstić information content (AvgIpc) is 3.23. The molecule has 2 fully saturated rings. The molecule has 2 aromatic rings. The fraction of sp³-hybridized carbons (Fsp3) is 0.412. The van der Waals surface area contributed by atoms with Gasteiger partial charge in [0.25, 0.3) is 5.91 Å². The van der Waals surface area contributed by atoms with Gasteiger partial charge < -0.3 is 14.2 Å². The normalized spacial score (nSPS) is 23.8. The van der Waals surface area contributed by atoms with Crippen molar-refractivity contribution in [3.05, 3.63) is 41.0 Å². The van der Waals surface area contributed by atoms with E-state index in [0.29, 0.717) is 29.6 Å². The van der Waals surface area contributed by atoms with Crippen molar-refractivity contribution < 1.29 is 14.1 Å². The Kier molecular flexibility index (Phi) is 3.83. The van der Waals surface area contributed by atoms with Crippen LogP contribution in [0.2, 0.25) is 5.02 Å². The number of rotatable bonds is 2. The predicted molar refractivity (Wildman–Crippen MR) is 85.4 cm³/mol. The Hall–Kier alpha value is -1.85. The molecule has 0 radical (unpaired) electrons. The van der Waals surface area contributed by atoms with E-state index in [-0.39, 0.29) is 18.1 Å². The molecular weight excluding hydrogens is 316 g/mol. The molecule has 6 heteroatoms. The smallest absolute Gasteiger partial charge is 0.276 e. The lowest BCUT2D eigenvalue weighted by atomic mass is 10.1. The molecule has 1 aliphatic heterocycles. The maximum Gasteiger partial charge on any atom is 0.276 e. The maximum absolute atomic E-state index is 12.8. The zero-order valence-corrected chi connectivity index (χ0v) is 13.3. The second-order valence-corrected chi connectivity index (χ2v) is 6.43. The van der Waals surface area contributed by atoms with Crippen molar-refractivity contribution in [2.75, 3.05) is 13.2 Å². The van der Waals surface area contributed by atoms with Crippen LogP contribution in [-0.4, -0.2) is 41.3 Å². The Morgan fingerprint density at radius 1 is 1.26 bits per heavy atom. The molecule has 0 spiro atoms. The average molecular weight is 333 g/mol. The van der Waals surface area contributed by atoms with Gasteiger partial charge >= 0.3 is 0 Å². The molecule has 23 heavy (non-hydrogen) atoms. The summed E-state index contributed by atoms with van der Waals surface area (Å²) < 4.78 is 11.1. The van der Waals surface area contributed by atoms with Crippen molar-refractivity contribution in [1.29, 1.82) is 0 Å². The minimum absolute atomic E-state index is 0.0748. The summed E-state index contributed by atoms with van der Waals surface area (Å²) in [7, 11) is 0. The molecule has 1 saturated carbocycles. The quantitative estimate of drug-likeness (QED) is 0.846. The van der Waals surface area contributed by atoms with Gasteiger partial charge in [0.15, 0.2) is 11.5 Å². The van der Waals surface area contributed by atoms with Crippen molar-refractivity contribution in [1.82, 2.24) is 10.1 Å². The van der Waals surface area contributed by atoms with Crippen LogP contribution in [0.3, 0.4) is 0 Å². The van der Waals surface area contributed by atoms with Gasteiger partial charge in [-0.1, -0.05) is 16.8 Å². The monoisotopic (exact) mass is 332 g/mol. The summed E-state index contributed by atoms with van der Waals surface area (Å²) in [4.78, 5) is 14.7. The van der Waals surface area contributed by atoms with E-state index in [1.54, 1.807) is 18.2 Å². The molecule has 4 rings (SSSR count). The SMILES string of the molecule is O=C(c1cc(-c2ccc(Cl)cc2)on1)N1CCOC2CCCC21. The molecule has 2 unspecified atom stereocenters. The van der Waals surface area contributed by atoms with Crippen LogP contribution in [0.1, 0.15) is 29.8 Å². The van der Waals surface area contributed by atoms with Gasteiger partial charge in [0, 0.05) is 23.2 Å². The van der Waals surface area contributed by atoms with Crippen molar-refractivity contribution in [2.24, 2.45) is 0 Å². The number of carbonyl (C=O) groups excluding carboxylic acids is 1. The molecule has 0 bridgehead atoms. The van der Waals surface area contributed by atoms with Crippen LogP contribution in [0.15, 0.2) is 34.9 Å². The van der Waals surface area contributed by atoms with Gasteiger partial charge in [-0.25, -0.2) is 0 Å². The number of hydrogen-bond donors (Lipinski definition) is 0. The summed E-state index contributed by atoms with van der Waals surface area (Å²) in [6.07, 6.45) is 3.31. The van der Waals surface area contributed by atoms with Crippen molar-refractivity contribution in [3.63, 3.8) is 0 Å². The van der Waals surface area contributed by atoms with Crippen molar-refractivity contribution in [2.45, 2.75) is 31.4 Å². The standard InChI is InChI=1S/C17H17ClN2O3/c18-12-6-4-11(5-7-12)16-10-13(19-23-16)17(21)20-8-9-22-15-3-1-2-14(15)20/h4-7,10,14-15H,1-3,8-9H2. The van der Waals surface area contributed by atoms with Crippen LogP contribution in [0.5, 0.6) is 0 Å². The second-order valence-electron chi connectivity index (χ2n) is 5.99. The zero-order valence-electron chi connectivity index (χ0n) is 12.6. The lowest BCUT2D eigenvalue weighted by molar-refractivity contribution is -0.0448. The Bertz CT molecular complexity index is 713. The number of morpholine rings is 1. The topological polar surface area (TPSA) is 55.6 Å². The largest absolute Gasteiger partial charge is 0.374 e. The van der Waals surface area contributed by atoms with E-state index in [0.717, 1.165) is 24.8 Å². The first kappa shape index (κ1) is 14.7. The minimum Gasteiger partial charge on any atom is -0.374 e. The van der Waals surface area contributed by atoms with Gasteiger partial charge in [-0.2, -0.15) is 0 Å². The highest BCUT2D eigenvalue weighted by atomic mass is 35.5. The third kappa shape index (κ3) is 2.75. The first-order chi connectivity index (χ1) is 11.2. The number of benzene rings is 1. The van der Waals surface area contributed by atoms with Crippen LogP contribution in [0.4, 0.5) is 0 Å². The Morgan fingerprint density at radius 2 is 2.09 bits per heavy atom. The molecule has 1 aliphatic carbocycles. The van der Waals surface area contributed by atoms with Gasteiger partial charge in [0.2, 0.25) is 0 Å². The molecule has 2 atom stereocenters. The van der Waals surface area contributed by atoms with E-state index in [9.17, 15) is 4.79 Å². The first-order valence-electron chi connectivity index (χ1n) is 7.87. The first-order valence-corrected chi connectivity index (χ1v) is 8.25. The van der Waals surface area contributed by atoms with Gasteiger partial charge in [-0.15, -0.1) is 0 Å². The van der Waals surface area contributed by atoms with Crippen molar-refractivity contribution >= 4 is 17.5 Å². The highest BCUT2D eigenvalue weighted by molar-refractivity contribution is 6.30. The van der Waals surface area contributed by atoms with Gasteiger partial charge in [0.05, 0.1) is 18.8 Å². The highest BCUT2D eigenvalue weighted by Gasteiger charge is 2.39. The summed E-state index contributed by atoms with van der Waals surface area (Å²) in [5.41, 5.74) is 1.20. The van der Waals surface area contributed by atoms with Crippen molar-refractivity contribution in [3.8, 4) is 11.3 Å². The summed E-state index contributed by atoms with van der Waals surface area (Å²) in [6, 6.07) is 9.13. The molecule has 2 aliphatic rings. The summed E-state index contributed by atoms with van der Waals surface area (Å²) >= 11 is 5.89. The molecule has 5 nitrogen and oxygen atoms in total. The third-order valence-electron chi connectivity index (χ3n) is 4.60. The van der Waals surface area contributed by atoms with E-state index in [2.05, 4.69) is 5.16 Å². The van der Waals surface area contributed by atoms with Crippen LogP contribution < -0.4 is 0 Å². The molecule has 120 valence electrons. The zero-order chi connectivity index (χ0) is 15.8. The van der Waals surface area contributed by atoms with Gasteiger partial charge in [-0.05, 0) is 43.5 Å². The number of carbonyl (C=O) groups is 1. The number of amides is 1. The van der Waals surface area contributed by atoms with E-state index < -0.39 is 0 Å². The molecule has 1 aromatic heterocycles. The molecule has 1 amide bonds. The van der Waals surface area contributed by atoms with Crippen LogP contribution >= 0.6 is 11.6 Å². The lowest BCUT2D eigenvalue weighted by Gasteiger charge is -2.37. The fourth-order valence-corrected chi connectivity index (χ4v) is 3.58. The summed E-state index contributed by atoms with van der Waals surface area (Å²) in [6.45, 7) is 1.21. The number of nitrogens with zero attached hydrogens (tertiary/aromatic N) is 2. The molecule has 0 N–H and O–H groups in total. The Labute approximate surface area is 139 Å². The van der Waals surface area contributed by atoms with Gasteiger partial charge in [-0.3, -0.25) is 4.79 Å². The molecule has 1 saturated heterocycles. The fourth-order valence-electron chi connectivity index (χ4n) is 3.45. The second kappa shape index (κ2) is 5.98. The van der Waals surface area contributed by atoms with Crippen LogP contribution in [0, 0.1) is 0 Å². The number of halogens is 1. The Morgan fingerprint density at radius 3 is 2.91 bits per heavy atom. The van der Waals surface area contributed by atoms with Crippen LogP contribution in [-0.2, 0) is 4.74 Å².